The van der Waals surface area contributed by atoms with Crippen molar-refractivity contribution in [3.05, 3.63) is 71.3 Å². The van der Waals surface area contributed by atoms with Crippen LogP contribution in [0.15, 0.2) is 59.5 Å². The molecule has 0 aliphatic rings. The van der Waals surface area contributed by atoms with Gasteiger partial charge >= 0.3 is 0 Å². The van der Waals surface area contributed by atoms with E-state index in [0.717, 1.165) is 27.5 Å². The van der Waals surface area contributed by atoms with Crippen molar-refractivity contribution >= 4 is 32.4 Å². The first-order valence-electron chi connectivity index (χ1n) is 10.2. The predicted octanol–water partition coefficient (Wildman–Crippen LogP) is 4.67. The van der Waals surface area contributed by atoms with Crippen molar-refractivity contribution in [2.75, 3.05) is 18.4 Å². The summed E-state index contributed by atoms with van der Waals surface area (Å²) < 4.78 is 27.3. The molecule has 0 saturated carbocycles. The molecule has 5 nitrogen and oxygen atoms in total. The minimum absolute atomic E-state index is 0.175. The third-order valence-electron chi connectivity index (χ3n) is 5.49. The molecule has 0 aliphatic carbocycles. The average Bonchev–Trinajstić information content (AvgIpc) is 2.72. The molecule has 0 radical (unpaired) electrons. The number of amides is 1. The summed E-state index contributed by atoms with van der Waals surface area (Å²) in [7, 11) is -3.60. The quantitative estimate of drug-likeness (QED) is 0.599. The van der Waals surface area contributed by atoms with E-state index in [-0.39, 0.29) is 17.2 Å². The fourth-order valence-electron chi connectivity index (χ4n) is 3.63. The van der Waals surface area contributed by atoms with Crippen molar-refractivity contribution in [1.82, 2.24) is 4.31 Å². The molecule has 6 heteroatoms. The Kier molecular flexibility index (Phi) is 6.58. The third-order valence-corrected chi connectivity index (χ3v) is 7.52. The molecule has 0 bridgehead atoms. The Labute approximate surface area is 178 Å². The molecule has 1 amide bonds. The molecule has 0 aliphatic heterocycles. The maximum absolute atomic E-state index is 12.9. The van der Waals surface area contributed by atoms with Crippen LogP contribution < -0.4 is 5.32 Å². The van der Waals surface area contributed by atoms with Gasteiger partial charge in [0.05, 0.1) is 11.3 Å². The number of nitrogens with one attached hydrogen (secondary N) is 1. The number of sulfonamides is 1. The zero-order valence-corrected chi connectivity index (χ0v) is 18.7. The lowest BCUT2D eigenvalue weighted by Gasteiger charge is -2.20. The molecule has 0 atom stereocenters. The van der Waals surface area contributed by atoms with Crippen LogP contribution in [-0.2, 0) is 21.2 Å². The molecule has 0 unspecified atom stereocenters. The highest BCUT2D eigenvalue weighted by atomic mass is 32.2. The van der Waals surface area contributed by atoms with Crippen molar-refractivity contribution in [3.63, 3.8) is 0 Å². The Morgan fingerprint density at radius 2 is 1.63 bits per heavy atom. The highest BCUT2D eigenvalue weighted by Crippen LogP contribution is 2.27. The molecule has 0 spiro atoms. The van der Waals surface area contributed by atoms with Crippen molar-refractivity contribution in [1.29, 1.82) is 0 Å². The number of hydrogen-bond acceptors (Lipinski definition) is 3. The van der Waals surface area contributed by atoms with Gasteiger partial charge in [0.1, 0.15) is 0 Å². The minimum Gasteiger partial charge on any atom is -0.326 e. The van der Waals surface area contributed by atoms with E-state index in [1.54, 1.807) is 12.1 Å². The highest BCUT2D eigenvalue weighted by molar-refractivity contribution is 7.89. The van der Waals surface area contributed by atoms with Crippen LogP contribution in [0.2, 0.25) is 0 Å². The Hall–Kier alpha value is -2.70. The van der Waals surface area contributed by atoms with E-state index in [1.165, 1.54) is 4.31 Å². The minimum atomic E-state index is -3.60. The second kappa shape index (κ2) is 8.98. The molecule has 3 rings (SSSR count). The van der Waals surface area contributed by atoms with Crippen molar-refractivity contribution in [2.45, 2.75) is 39.0 Å². The van der Waals surface area contributed by atoms with Gasteiger partial charge in [0, 0.05) is 18.8 Å². The molecule has 0 aromatic heterocycles. The van der Waals surface area contributed by atoms with Crippen LogP contribution >= 0.6 is 0 Å². The second-order valence-corrected chi connectivity index (χ2v) is 9.30. The van der Waals surface area contributed by atoms with E-state index < -0.39 is 10.0 Å². The Morgan fingerprint density at radius 3 is 2.33 bits per heavy atom. The summed E-state index contributed by atoms with van der Waals surface area (Å²) in [5, 5.41) is 5.06. The maximum atomic E-state index is 12.9. The number of fused-ring (bicyclic) bond motifs is 1. The zero-order chi connectivity index (χ0) is 21.9. The summed E-state index contributed by atoms with van der Waals surface area (Å²) in [6.07, 6.45) is 0.215. The molecule has 0 fully saturated rings. The van der Waals surface area contributed by atoms with Crippen molar-refractivity contribution < 1.29 is 13.2 Å². The number of hydrogen-bond donors (Lipinski definition) is 1. The molecule has 3 aromatic carbocycles. The summed E-state index contributed by atoms with van der Waals surface area (Å²) in [5.41, 5.74) is 3.15. The van der Waals surface area contributed by atoms with Gasteiger partial charge in [0.2, 0.25) is 15.9 Å². The lowest BCUT2D eigenvalue weighted by atomic mass is 10.0. The summed E-state index contributed by atoms with van der Waals surface area (Å²) in [6.45, 7) is 8.17. The second-order valence-electron chi connectivity index (χ2n) is 7.37. The molecule has 158 valence electrons. The van der Waals surface area contributed by atoms with Gasteiger partial charge < -0.3 is 5.32 Å². The lowest BCUT2D eigenvalue weighted by molar-refractivity contribution is -0.115. The van der Waals surface area contributed by atoms with Gasteiger partial charge in [-0.3, -0.25) is 4.79 Å². The third kappa shape index (κ3) is 4.40. The van der Waals surface area contributed by atoms with E-state index in [4.69, 9.17) is 0 Å². The Balaban J connectivity index is 1.91. The number of carbonyl (C=O) groups is 1. The van der Waals surface area contributed by atoms with Crippen molar-refractivity contribution in [2.24, 2.45) is 0 Å². The topological polar surface area (TPSA) is 66.5 Å². The largest absolute Gasteiger partial charge is 0.326 e. The first kappa shape index (κ1) is 22.0. The van der Waals surface area contributed by atoms with Crippen LogP contribution in [0.5, 0.6) is 0 Å². The van der Waals surface area contributed by atoms with Crippen LogP contribution in [0.1, 0.15) is 30.5 Å². The molecular formula is C24H28N2O3S. The van der Waals surface area contributed by atoms with Gasteiger partial charge in [0.25, 0.3) is 0 Å². The first-order chi connectivity index (χ1) is 14.3. The predicted molar refractivity (Wildman–Crippen MR) is 122 cm³/mol. The number of rotatable bonds is 7. The van der Waals surface area contributed by atoms with Gasteiger partial charge in [-0.2, -0.15) is 4.31 Å². The SMILES string of the molecule is CCN(CC)S(=O)(=O)c1cc(C)c(C)c(NC(=O)Cc2cccc3ccccc23)c1. The highest BCUT2D eigenvalue weighted by Gasteiger charge is 2.23. The smallest absolute Gasteiger partial charge is 0.243 e. The summed E-state index contributed by atoms with van der Waals surface area (Å²) in [5.74, 6) is -0.175. The van der Waals surface area contributed by atoms with E-state index in [9.17, 15) is 13.2 Å². The van der Waals surface area contributed by atoms with Gasteiger partial charge in [-0.1, -0.05) is 56.3 Å². The van der Waals surface area contributed by atoms with Gasteiger partial charge in [0.15, 0.2) is 0 Å². The first-order valence-corrected chi connectivity index (χ1v) is 11.6. The zero-order valence-electron chi connectivity index (χ0n) is 17.9. The summed E-state index contributed by atoms with van der Waals surface area (Å²) >= 11 is 0. The van der Waals surface area contributed by atoms with Gasteiger partial charge in [-0.25, -0.2) is 8.42 Å². The molecule has 30 heavy (non-hydrogen) atoms. The molecule has 3 aromatic rings. The Morgan fingerprint density at radius 1 is 0.967 bits per heavy atom. The fourth-order valence-corrected chi connectivity index (χ4v) is 5.20. The summed E-state index contributed by atoms with van der Waals surface area (Å²) in [4.78, 5) is 13.0. The maximum Gasteiger partial charge on any atom is 0.243 e. The van der Waals surface area contributed by atoms with E-state index >= 15 is 0 Å². The van der Waals surface area contributed by atoms with Crippen LogP contribution in [-0.4, -0.2) is 31.7 Å². The molecule has 1 N–H and O–H groups in total. The normalized spacial score (nSPS) is 11.8. The summed E-state index contributed by atoms with van der Waals surface area (Å²) in [6, 6.07) is 17.1. The van der Waals surface area contributed by atoms with E-state index in [2.05, 4.69) is 5.32 Å². The monoisotopic (exact) mass is 424 g/mol. The molecule has 0 saturated heterocycles. The van der Waals surface area contributed by atoms with E-state index in [1.807, 2.05) is 70.2 Å². The Bertz CT molecular complexity index is 1180. The average molecular weight is 425 g/mol. The van der Waals surface area contributed by atoms with Crippen LogP contribution in [0.3, 0.4) is 0 Å². The standard InChI is InChI=1S/C24H28N2O3S/c1-5-26(6-2)30(28,29)21-14-17(3)18(4)23(16-21)25-24(27)15-20-12-9-11-19-10-7-8-13-22(19)20/h7-14,16H,5-6,15H2,1-4H3,(H,25,27). The van der Waals surface area contributed by atoms with Crippen LogP contribution in [0.4, 0.5) is 5.69 Å². The van der Waals surface area contributed by atoms with Gasteiger partial charge in [-0.05, 0) is 53.4 Å². The number of anilines is 1. The molecular weight excluding hydrogens is 396 g/mol. The van der Waals surface area contributed by atoms with Crippen LogP contribution in [0, 0.1) is 13.8 Å². The van der Waals surface area contributed by atoms with Crippen molar-refractivity contribution in [3.8, 4) is 0 Å². The van der Waals surface area contributed by atoms with Crippen LogP contribution in [0.25, 0.3) is 10.8 Å². The number of aryl methyl sites for hydroxylation is 1. The fraction of sp³-hybridized carbons (Fsp3) is 0.292. The molecule has 0 heterocycles. The van der Waals surface area contributed by atoms with Gasteiger partial charge in [-0.15, -0.1) is 0 Å². The number of nitrogens with zero attached hydrogens (tertiary/aromatic N) is 1. The number of benzene rings is 3. The number of carbonyl (C=O) groups excluding carboxylic acids is 1. The lowest BCUT2D eigenvalue weighted by Crippen LogP contribution is -2.30. The van der Waals surface area contributed by atoms with E-state index in [0.29, 0.717) is 18.8 Å².